The van der Waals surface area contributed by atoms with Gasteiger partial charge in [0.15, 0.2) is 0 Å². The molecule has 0 saturated heterocycles. The first kappa shape index (κ1) is 11.9. The Morgan fingerprint density at radius 3 is 3.00 bits per heavy atom. The summed E-state index contributed by atoms with van der Waals surface area (Å²) in [6, 6.07) is 3.79. The third-order valence-electron chi connectivity index (χ3n) is 2.18. The van der Waals surface area contributed by atoms with Crippen LogP contribution >= 0.6 is 22.9 Å². The number of thiophene rings is 1. The molecule has 90 valence electrons. The van der Waals surface area contributed by atoms with Crippen LogP contribution < -0.4 is 11.1 Å². The summed E-state index contributed by atoms with van der Waals surface area (Å²) in [6.07, 6.45) is 2.16. The lowest BCUT2D eigenvalue weighted by atomic mass is 10.3. The van der Waals surface area contributed by atoms with Gasteiger partial charge in [0.2, 0.25) is 0 Å². The van der Waals surface area contributed by atoms with E-state index in [1.54, 1.807) is 0 Å². The standard InChI is InChI=1S/C10H11ClN4OS/c11-8-2-1-6(17-8)3-4-13-10(16)9-7(12)5-14-15-9/h1-2,5H,3-4,12H2,(H,13,16)(H,14,15). The number of H-pyrrole nitrogens is 1. The van der Waals surface area contributed by atoms with Gasteiger partial charge in [-0.15, -0.1) is 11.3 Å². The molecule has 0 aliphatic heterocycles. The largest absolute Gasteiger partial charge is 0.396 e. The highest BCUT2D eigenvalue weighted by Gasteiger charge is 2.10. The molecule has 5 nitrogen and oxygen atoms in total. The fourth-order valence-electron chi connectivity index (χ4n) is 1.35. The third-order valence-corrected chi connectivity index (χ3v) is 3.47. The van der Waals surface area contributed by atoms with Crippen LogP contribution in [0, 0.1) is 0 Å². The van der Waals surface area contributed by atoms with Gasteiger partial charge in [0.05, 0.1) is 16.2 Å². The molecule has 0 aliphatic carbocycles. The van der Waals surface area contributed by atoms with Gasteiger partial charge in [0.1, 0.15) is 5.69 Å². The highest BCUT2D eigenvalue weighted by atomic mass is 35.5. The quantitative estimate of drug-likeness (QED) is 0.790. The van der Waals surface area contributed by atoms with E-state index >= 15 is 0 Å². The van der Waals surface area contributed by atoms with E-state index in [4.69, 9.17) is 17.3 Å². The minimum atomic E-state index is -0.248. The number of rotatable bonds is 4. The molecule has 0 spiro atoms. The summed E-state index contributed by atoms with van der Waals surface area (Å²) in [7, 11) is 0. The van der Waals surface area contributed by atoms with E-state index in [1.165, 1.54) is 17.5 Å². The minimum Gasteiger partial charge on any atom is -0.396 e. The van der Waals surface area contributed by atoms with Crippen molar-refractivity contribution >= 4 is 34.5 Å². The molecule has 0 aliphatic rings. The molecule has 0 unspecified atom stereocenters. The van der Waals surface area contributed by atoms with Crippen molar-refractivity contribution in [2.24, 2.45) is 0 Å². The Kier molecular flexibility index (Phi) is 3.65. The van der Waals surface area contributed by atoms with Gasteiger partial charge in [-0.2, -0.15) is 5.10 Å². The number of amides is 1. The number of carbonyl (C=O) groups excluding carboxylic acids is 1. The maximum absolute atomic E-state index is 11.6. The van der Waals surface area contributed by atoms with E-state index in [9.17, 15) is 4.79 Å². The first-order valence-corrected chi connectivity index (χ1v) is 6.17. The number of aromatic amines is 1. The Morgan fingerprint density at radius 2 is 2.41 bits per heavy atom. The van der Waals surface area contributed by atoms with E-state index < -0.39 is 0 Å². The average molecular weight is 271 g/mol. The predicted molar refractivity (Wildman–Crippen MR) is 68.4 cm³/mol. The highest BCUT2D eigenvalue weighted by molar-refractivity contribution is 7.16. The summed E-state index contributed by atoms with van der Waals surface area (Å²) < 4.78 is 0.754. The predicted octanol–water partition coefficient (Wildman–Crippen LogP) is 1.68. The second kappa shape index (κ2) is 5.20. The number of nitrogens with two attached hydrogens (primary N) is 1. The van der Waals surface area contributed by atoms with Crippen LogP contribution in [0.5, 0.6) is 0 Å². The van der Waals surface area contributed by atoms with Gasteiger partial charge in [-0.1, -0.05) is 11.6 Å². The Bertz CT molecular complexity index is 522. The van der Waals surface area contributed by atoms with Gasteiger partial charge in [0, 0.05) is 11.4 Å². The van der Waals surface area contributed by atoms with E-state index in [2.05, 4.69) is 15.5 Å². The Hall–Kier alpha value is -1.53. The van der Waals surface area contributed by atoms with E-state index in [-0.39, 0.29) is 5.91 Å². The van der Waals surface area contributed by atoms with Crippen molar-refractivity contribution in [3.8, 4) is 0 Å². The molecule has 2 aromatic rings. The molecule has 0 saturated carbocycles. The molecule has 2 heterocycles. The van der Waals surface area contributed by atoms with Gasteiger partial charge < -0.3 is 11.1 Å². The Balaban J connectivity index is 1.83. The van der Waals surface area contributed by atoms with Crippen molar-refractivity contribution in [2.45, 2.75) is 6.42 Å². The number of halogens is 1. The van der Waals surface area contributed by atoms with Gasteiger partial charge in [0.25, 0.3) is 5.91 Å². The number of anilines is 1. The van der Waals surface area contributed by atoms with E-state index in [1.807, 2.05) is 12.1 Å². The molecule has 1 amide bonds. The number of nitrogens with zero attached hydrogens (tertiary/aromatic N) is 1. The van der Waals surface area contributed by atoms with Gasteiger partial charge in [-0.25, -0.2) is 0 Å². The maximum atomic E-state index is 11.6. The summed E-state index contributed by atoms with van der Waals surface area (Å²) in [5, 5.41) is 9.00. The van der Waals surface area contributed by atoms with Crippen LogP contribution in [0.2, 0.25) is 4.34 Å². The normalized spacial score (nSPS) is 10.4. The van der Waals surface area contributed by atoms with Crippen LogP contribution in [0.1, 0.15) is 15.4 Å². The molecule has 0 aromatic carbocycles. The lowest BCUT2D eigenvalue weighted by Crippen LogP contribution is -2.26. The van der Waals surface area contributed by atoms with Gasteiger partial charge in [-0.05, 0) is 18.6 Å². The summed E-state index contributed by atoms with van der Waals surface area (Å²) in [5.41, 5.74) is 6.21. The molecule has 4 N–H and O–H groups in total. The van der Waals surface area contributed by atoms with Crippen molar-refractivity contribution in [1.82, 2.24) is 15.5 Å². The first-order chi connectivity index (χ1) is 8.16. The second-order valence-corrected chi connectivity index (χ2v) is 5.21. The van der Waals surface area contributed by atoms with Crippen LogP contribution in [-0.2, 0) is 6.42 Å². The minimum absolute atomic E-state index is 0.248. The molecule has 2 aromatic heterocycles. The van der Waals surface area contributed by atoms with Crippen molar-refractivity contribution in [3.05, 3.63) is 33.2 Å². The second-order valence-electron chi connectivity index (χ2n) is 3.41. The highest BCUT2D eigenvalue weighted by Crippen LogP contribution is 2.21. The van der Waals surface area contributed by atoms with Crippen molar-refractivity contribution in [1.29, 1.82) is 0 Å². The SMILES string of the molecule is Nc1cn[nH]c1C(=O)NCCc1ccc(Cl)s1. The van der Waals surface area contributed by atoms with Crippen LogP contribution in [-0.4, -0.2) is 22.6 Å². The smallest absolute Gasteiger partial charge is 0.271 e. The fourth-order valence-corrected chi connectivity index (χ4v) is 2.44. The number of aromatic nitrogens is 2. The fraction of sp³-hybridized carbons (Fsp3) is 0.200. The zero-order valence-corrected chi connectivity index (χ0v) is 10.4. The number of carbonyl (C=O) groups is 1. The van der Waals surface area contributed by atoms with Crippen LogP contribution in [0.4, 0.5) is 5.69 Å². The summed E-state index contributed by atoms with van der Waals surface area (Å²) >= 11 is 7.31. The van der Waals surface area contributed by atoms with Crippen LogP contribution in [0.3, 0.4) is 0 Å². The lowest BCUT2D eigenvalue weighted by Gasteiger charge is -2.02. The zero-order chi connectivity index (χ0) is 12.3. The van der Waals surface area contributed by atoms with E-state index in [0.29, 0.717) is 17.9 Å². The van der Waals surface area contributed by atoms with Crippen LogP contribution in [0.15, 0.2) is 18.3 Å². The Morgan fingerprint density at radius 1 is 1.59 bits per heavy atom. The third kappa shape index (κ3) is 2.98. The van der Waals surface area contributed by atoms with Gasteiger partial charge in [-0.3, -0.25) is 9.89 Å². The molecule has 2 rings (SSSR count). The summed E-state index contributed by atoms with van der Waals surface area (Å²) in [5.74, 6) is -0.248. The molecular weight excluding hydrogens is 260 g/mol. The molecular formula is C10H11ClN4OS. The molecule has 17 heavy (non-hydrogen) atoms. The molecule has 7 heteroatoms. The maximum Gasteiger partial charge on any atom is 0.271 e. The molecule has 0 bridgehead atoms. The average Bonchev–Trinajstić information content (AvgIpc) is 2.87. The van der Waals surface area contributed by atoms with Crippen LogP contribution in [0.25, 0.3) is 0 Å². The van der Waals surface area contributed by atoms with E-state index in [0.717, 1.165) is 15.6 Å². The number of nitrogens with one attached hydrogen (secondary N) is 2. The number of hydrogen-bond acceptors (Lipinski definition) is 4. The number of nitrogen functional groups attached to an aromatic ring is 1. The van der Waals surface area contributed by atoms with Crippen molar-refractivity contribution in [3.63, 3.8) is 0 Å². The summed E-state index contributed by atoms with van der Waals surface area (Å²) in [6.45, 7) is 0.536. The lowest BCUT2D eigenvalue weighted by molar-refractivity contribution is 0.0950. The Labute approximate surface area is 107 Å². The molecule has 0 atom stereocenters. The van der Waals surface area contributed by atoms with Gasteiger partial charge >= 0.3 is 0 Å². The molecule has 0 fully saturated rings. The molecule has 0 radical (unpaired) electrons. The number of hydrogen-bond donors (Lipinski definition) is 3. The summed E-state index contributed by atoms with van der Waals surface area (Å²) in [4.78, 5) is 12.8. The topological polar surface area (TPSA) is 83.8 Å². The van der Waals surface area contributed by atoms with Crippen molar-refractivity contribution < 1.29 is 4.79 Å². The first-order valence-electron chi connectivity index (χ1n) is 4.98. The van der Waals surface area contributed by atoms with Crippen molar-refractivity contribution in [2.75, 3.05) is 12.3 Å². The zero-order valence-electron chi connectivity index (χ0n) is 8.87. The monoisotopic (exact) mass is 270 g/mol.